The zero-order chi connectivity index (χ0) is 21.2. The summed E-state index contributed by atoms with van der Waals surface area (Å²) in [4.78, 5) is 13.2. The van der Waals surface area contributed by atoms with Gasteiger partial charge in [-0.15, -0.1) is 0 Å². The second kappa shape index (κ2) is 8.61. The third-order valence-corrected chi connectivity index (χ3v) is 7.37. The van der Waals surface area contributed by atoms with Crippen LogP contribution in [-0.4, -0.2) is 19.5 Å². The van der Waals surface area contributed by atoms with Crippen molar-refractivity contribution < 1.29 is 18.3 Å². The molecule has 3 rings (SSSR count). The Kier molecular flexibility index (Phi) is 6.36. The van der Waals surface area contributed by atoms with Gasteiger partial charge in [0, 0.05) is 20.0 Å². The molecular formula is C21H18BrNO4S2. The third kappa shape index (κ3) is 5.20. The highest BCUT2D eigenvalue weighted by Crippen LogP contribution is 2.30. The van der Waals surface area contributed by atoms with Gasteiger partial charge in [-0.1, -0.05) is 17.8 Å². The number of hydrogen-bond acceptors (Lipinski definition) is 4. The van der Waals surface area contributed by atoms with Crippen LogP contribution in [0.25, 0.3) is 0 Å². The van der Waals surface area contributed by atoms with Gasteiger partial charge in [0.1, 0.15) is 0 Å². The van der Waals surface area contributed by atoms with Gasteiger partial charge in [-0.25, -0.2) is 13.2 Å². The van der Waals surface area contributed by atoms with Crippen LogP contribution in [0.5, 0.6) is 0 Å². The van der Waals surface area contributed by atoms with Crippen molar-refractivity contribution in [3.8, 4) is 0 Å². The molecule has 0 heterocycles. The van der Waals surface area contributed by atoms with E-state index in [2.05, 4.69) is 52.7 Å². The van der Waals surface area contributed by atoms with Crippen LogP contribution in [0.15, 0.2) is 79.8 Å². The summed E-state index contributed by atoms with van der Waals surface area (Å²) < 4.78 is 28.0. The Balaban J connectivity index is 1.77. The first-order valence-corrected chi connectivity index (χ1v) is 11.7. The Labute approximate surface area is 182 Å². The van der Waals surface area contributed by atoms with Crippen molar-refractivity contribution in [1.29, 1.82) is 0 Å². The summed E-state index contributed by atoms with van der Waals surface area (Å²) in [5.41, 5.74) is 2.73. The first-order chi connectivity index (χ1) is 13.7. The Morgan fingerprint density at radius 2 is 1.59 bits per heavy atom. The average molecular weight is 492 g/mol. The van der Waals surface area contributed by atoms with Crippen LogP contribution in [0.3, 0.4) is 0 Å². The normalized spacial score (nSPS) is 11.3. The highest BCUT2D eigenvalue weighted by molar-refractivity contribution is 9.10. The van der Waals surface area contributed by atoms with Crippen LogP contribution in [0, 0.1) is 13.8 Å². The van der Waals surface area contributed by atoms with Gasteiger partial charge in [-0.2, -0.15) is 0 Å². The molecule has 0 saturated carbocycles. The summed E-state index contributed by atoms with van der Waals surface area (Å²) >= 11 is 4.70. The second-order valence-electron chi connectivity index (χ2n) is 6.42. The minimum atomic E-state index is -3.91. The van der Waals surface area contributed by atoms with Crippen LogP contribution in [-0.2, 0) is 10.0 Å². The van der Waals surface area contributed by atoms with Gasteiger partial charge in [-0.3, -0.25) is 4.72 Å². The fourth-order valence-corrected chi connectivity index (χ4v) is 4.97. The summed E-state index contributed by atoms with van der Waals surface area (Å²) in [6.07, 6.45) is 0. The SMILES string of the molecule is Cc1ccc(Sc2ccc(NS(=O)(=O)c3ccc(Br)c(C(=O)O)c3)cc2)cc1C. The lowest BCUT2D eigenvalue weighted by Crippen LogP contribution is -2.14. The maximum Gasteiger partial charge on any atom is 0.336 e. The van der Waals surface area contributed by atoms with Crippen LogP contribution in [0.4, 0.5) is 5.69 Å². The number of nitrogens with one attached hydrogen (secondary N) is 1. The first-order valence-electron chi connectivity index (χ1n) is 8.56. The van der Waals surface area contributed by atoms with Crippen molar-refractivity contribution in [2.75, 3.05) is 4.72 Å². The quantitative estimate of drug-likeness (QED) is 0.460. The van der Waals surface area contributed by atoms with E-state index in [4.69, 9.17) is 0 Å². The van der Waals surface area contributed by atoms with E-state index in [0.717, 1.165) is 15.9 Å². The molecule has 0 bridgehead atoms. The molecule has 0 saturated heterocycles. The van der Waals surface area contributed by atoms with Crippen molar-refractivity contribution in [1.82, 2.24) is 0 Å². The van der Waals surface area contributed by atoms with Crippen molar-refractivity contribution in [2.24, 2.45) is 0 Å². The van der Waals surface area contributed by atoms with Gasteiger partial charge < -0.3 is 5.11 Å². The number of carboxylic acid groups (broad SMARTS) is 1. The van der Waals surface area contributed by atoms with E-state index < -0.39 is 16.0 Å². The predicted octanol–water partition coefficient (Wildman–Crippen LogP) is 5.72. The number of halogens is 1. The molecule has 5 nitrogen and oxygen atoms in total. The predicted molar refractivity (Wildman–Crippen MR) is 118 cm³/mol. The molecular weight excluding hydrogens is 474 g/mol. The second-order valence-corrected chi connectivity index (χ2v) is 10.1. The molecule has 0 aliphatic heterocycles. The molecule has 0 spiro atoms. The number of aromatic carboxylic acids is 1. The van der Waals surface area contributed by atoms with Crippen molar-refractivity contribution in [3.05, 3.63) is 81.8 Å². The van der Waals surface area contributed by atoms with Crippen molar-refractivity contribution in [3.63, 3.8) is 0 Å². The van der Waals surface area contributed by atoms with Gasteiger partial charge in [0.05, 0.1) is 10.5 Å². The molecule has 0 unspecified atom stereocenters. The Bertz CT molecular complexity index is 1180. The maximum atomic E-state index is 12.6. The first kappa shape index (κ1) is 21.4. The summed E-state index contributed by atoms with van der Waals surface area (Å²) in [7, 11) is -3.91. The molecule has 8 heteroatoms. The smallest absolute Gasteiger partial charge is 0.336 e. The lowest BCUT2D eigenvalue weighted by atomic mass is 10.1. The van der Waals surface area contributed by atoms with Crippen LogP contribution >= 0.6 is 27.7 Å². The van der Waals surface area contributed by atoms with Gasteiger partial charge in [0.2, 0.25) is 0 Å². The molecule has 0 fully saturated rings. The number of carbonyl (C=O) groups is 1. The lowest BCUT2D eigenvalue weighted by molar-refractivity contribution is 0.0695. The van der Waals surface area contributed by atoms with Crippen molar-refractivity contribution in [2.45, 2.75) is 28.5 Å². The molecule has 3 aromatic rings. The molecule has 0 amide bonds. The highest BCUT2D eigenvalue weighted by Gasteiger charge is 2.18. The van der Waals surface area contributed by atoms with E-state index in [1.165, 1.54) is 23.3 Å². The van der Waals surface area contributed by atoms with E-state index in [-0.39, 0.29) is 10.5 Å². The zero-order valence-electron chi connectivity index (χ0n) is 15.6. The zero-order valence-corrected chi connectivity index (χ0v) is 18.9. The van der Waals surface area contributed by atoms with E-state index in [9.17, 15) is 18.3 Å². The molecule has 0 radical (unpaired) electrons. The van der Waals surface area contributed by atoms with Gasteiger partial charge in [0.15, 0.2) is 0 Å². The Morgan fingerprint density at radius 3 is 2.21 bits per heavy atom. The topological polar surface area (TPSA) is 83.5 Å². The standard InChI is InChI=1S/C21H18BrNO4S2/c1-13-3-6-17(11-14(13)2)28-16-7-4-15(5-8-16)23-29(26,27)18-9-10-20(22)19(12-18)21(24)25/h3-12,23H,1-2H3,(H,24,25). The lowest BCUT2D eigenvalue weighted by Gasteiger charge is -2.10. The van der Waals surface area contributed by atoms with Crippen LogP contribution < -0.4 is 4.72 Å². The summed E-state index contributed by atoms with van der Waals surface area (Å²) in [6, 6.07) is 17.1. The monoisotopic (exact) mass is 491 g/mol. The summed E-state index contributed by atoms with van der Waals surface area (Å²) in [6.45, 7) is 4.13. The molecule has 150 valence electrons. The van der Waals surface area contributed by atoms with Crippen LogP contribution in [0.2, 0.25) is 0 Å². The van der Waals surface area contributed by atoms with Gasteiger partial charge >= 0.3 is 5.97 Å². The fraction of sp³-hybridized carbons (Fsp3) is 0.0952. The van der Waals surface area contributed by atoms with E-state index >= 15 is 0 Å². The number of anilines is 1. The molecule has 0 aromatic heterocycles. The number of sulfonamides is 1. The van der Waals surface area contributed by atoms with E-state index in [0.29, 0.717) is 10.2 Å². The van der Waals surface area contributed by atoms with Crippen molar-refractivity contribution >= 4 is 49.4 Å². The Morgan fingerprint density at radius 1 is 0.931 bits per heavy atom. The Hall–Kier alpha value is -2.29. The molecule has 0 aliphatic carbocycles. The maximum absolute atomic E-state index is 12.6. The number of aryl methyl sites for hydroxylation is 2. The summed E-state index contributed by atoms with van der Waals surface area (Å²) in [5, 5.41) is 9.18. The molecule has 0 atom stereocenters. The number of rotatable bonds is 6. The van der Waals surface area contributed by atoms with E-state index in [1.807, 2.05) is 12.1 Å². The fourth-order valence-electron chi connectivity index (χ4n) is 2.55. The molecule has 0 aliphatic rings. The summed E-state index contributed by atoms with van der Waals surface area (Å²) in [5.74, 6) is -1.21. The number of carboxylic acids is 1. The highest BCUT2D eigenvalue weighted by atomic mass is 79.9. The number of hydrogen-bond donors (Lipinski definition) is 2. The minimum Gasteiger partial charge on any atom is -0.478 e. The average Bonchev–Trinajstić information content (AvgIpc) is 2.66. The number of benzene rings is 3. The largest absolute Gasteiger partial charge is 0.478 e. The van der Waals surface area contributed by atoms with E-state index in [1.54, 1.807) is 23.9 Å². The third-order valence-electron chi connectivity index (χ3n) is 4.30. The van der Waals surface area contributed by atoms with Gasteiger partial charge in [-0.05, 0) is 95.5 Å². The molecule has 3 aromatic carbocycles. The molecule has 29 heavy (non-hydrogen) atoms. The van der Waals surface area contributed by atoms with Gasteiger partial charge in [0.25, 0.3) is 10.0 Å². The molecule has 2 N–H and O–H groups in total. The van der Waals surface area contributed by atoms with Crippen LogP contribution in [0.1, 0.15) is 21.5 Å². The minimum absolute atomic E-state index is 0.118.